The summed E-state index contributed by atoms with van der Waals surface area (Å²) in [5.41, 5.74) is 3.49. The number of ketones is 1. The van der Waals surface area contributed by atoms with E-state index in [9.17, 15) is 9.59 Å². The molecule has 1 aromatic carbocycles. The normalized spacial score (nSPS) is 13.9. The number of nitrogens with one attached hydrogen (secondary N) is 1. The molecule has 1 aromatic rings. The molecule has 0 saturated carbocycles. The van der Waals surface area contributed by atoms with Crippen LogP contribution in [0.2, 0.25) is 0 Å². The maximum Gasteiger partial charge on any atom is 0.224 e. The van der Waals surface area contributed by atoms with Crippen LogP contribution >= 0.6 is 0 Å². The molecular formula is C15H19NO2. The van der Waals surface area contributed by atoms with Crippen molar-refractivity contribution < 1.29 is 9.59 Å². The fourth-order valence-corrected chi connectivity index (χ4v) is 2.30. The molecule has 0 saturated heterocycles. The first-order valence-corrected chi connectivity index (χ1v) is 6.56. The second-order valence-corrected chi connectivity index (χ2v) is 4.95. The predicted octanol–water partition coefficient (Wildman–Crippen LogP) is 2.87. The van der Waals surface area contributed by atoms with Crippen molar-refractivity contribution in [2.45, 2.75) is 45.4 Å². The second-order valence-electron chi connectivity index (χ2n) is 4.95. The van der Waals surface area contributed by atoms with Crippen LogP contribution in [0.4, 0.5) is 5.69 Å². The Morgan fingerprint density at radius 3 is 2.89 bits per heavy atom. The lowest BCUT2D eigenvalue weighted by Crippen LogP contribution is -2.18. The topological polar surface area (TPSA) is 46.2 Å². The molecule has 0 radical (unpaired) electrons. The number of benzene rings is 1. The molecule has 1 amide bonds. The van der Waals surface area contributed by atoms with Gasteiger partial charge in [-0.2, -0.15) is 0 Å². The summed E-state index contributed by atoms with van der Waals surface area (Å²) in [4.78, 5) is 22.1. The largest absolute Gasteiger partial charge is 0.326 e. The number of fused-ring (bicyclic) bond motifs is 1. The van der Waals surface area contributed by atoms with Gasteiger partial charge in [0.2, 0.25) is 5.91 Å². The minimum atomic E-state index is 0.108. The highest BCUT2D eigenvalue weighted by Gasteiger charge is 2.14. The fourth-order valence-electron chi connectivity index (χ4n) is 2.30. The number of hydrogen-bond acceptors (Lipinski definition) is 2. The van der Waals surface area contributed by atoms with E-state index in [1.54, 1.807) is 6.92 Å². The predicted molar refractivity (Wildman–Crippen MR) is 71.6 cm³/mol. The molecule has 96 valence electrons. The van der Waals surface area contributed by atoms with Crippen LogP contribution < -0.4 is 5.32 Å². The van der Waals surface area contributed by atoms with E-state index in [4.69, 9.17) is 0 Å². The summed E-state index contributed by atoms with van der Waals surface area (Å²) in [6, 6.07) is 6.24. The van der Waals surface area contributed by atoms with Crippen LogP contribution in [0, 0.1) is 0 Å². The van der Waals surface area contributed by atoms with E-state index in [1.165, 1.54) is 11.1 Å². The van der Waals surface area contributed by atoms with Crippen molar-refractivity contribution in [2.24, 2.45) is 0 Å². The zero-order valence-corrected chi connectivity index (χ0v) is 10.8. The Hall–Kier alpha value is -1.64. The fraction of sp³-hybridized carbons (Fsp3) is 0.467. The molecule has 1 aliphatic heterocycles. The van der Waals surface area contributed by atoms with Gasteiger partial charge in [0, 0.05) is 18.5 Å². The maximum absolute atomic E-state index is 11.2. The summed E-state index contributed by atoms with van der Waals surface area (Å²) in [6.45, 7) is 1.64. The molecular weight excluding hydrogens is 226 g/mol. The highest BCUT2D eigenvalue weighted by atomic mass is 16.1. The van der Waals surface area contributed by atoms with Crippen LogP contribution in [-0.2, 0) is 22.4 Å². The molecule has 1 aliphatic rings. The van der Waals surface area contributed by atoms with E-state index in [2.05, 4.69) is 17.4 Å². The van der Waals surface area contributed by atoms with Crippen molar-refractivity contribution in [3.8, 4) is 0 Å². The Balaban J connectivity index is 1.91. The minimum absolute atomic E-state index is 0.108. The molecule has 1 N–H and O–H groups in total. The maximum atomic E-state index is 11.2. The molecule has 1 heterocycles. The van der Waals surface area contributed by atoms with E-state index >= 15 is 0 Å². The lowest BCUT2D eigenvalue weighted by atomic mass is 9.98. The molecule has 0 unspecified atom stereocenters. The van der Waals surface area contributed by atoms with Crippen LogP contribution in [0.3, 0.4) is 0 Å². The van der Waals surface area contributed by atoms with Crippen LogP contribution in [0.1, 0.15) is 43.7 Å². The highest BCUT2D eigenvalue weighted by molar-refractivity contribution is 5.93. The second kappa shape index (κ2) is 5.80. The van der Waals surface area contributed by atoms with Crippen molar-refractivity contribution in [1.82, 2.24) is 0 Å². The number of unbranched alkanes of at least 4 members (excludes halogenated alkanes) is 1. The van der Waals surface area contributed by atoms with Crippen LogP contribution in [-0.4, -0.2) is 11.7 Å². The first-order valence-electron chi connectivity index (χ1n) is 6.56. The zero-order chi connectivity index (χ0) is 13.0. The SMILES string of the molecule is CC(=O)CCCCc1ccc2c(c1)CCC(=O)N2. The van der Waals surface area contributed by atoms with Gasteiger partial charge in [0.25, 0.3) is 0 Å². The van der Waals surface area contributed by atoms with Crippen LogP contribution in [0.5, 0.6) is 0 Å². The van der Waals surface area contributed by atoms with Crippen LogP contribution in [0.25, 0.3) is 0 Å². The number of Topliss-reactive ketones (excluding diaryl/α,β-unsaturated/α-hetero) is 1. The Labute approximate surface area is 108 Å². The minimum Gasteiger partial charge on any atom is -0.326 e. The molecule has 0 bridgehead atoms. The number of anilines is 1. The molecule has 0 fully saturated rings. The molecule has 0 aromatic heterocycles. The quantitative estimate of drug-likeness (QED) is 0.811. The first kappa shape index (κ1) is 12.8. The number of carbonyl (C=O) groups is 2. The number of carbonyl (C=O) groups excluding carboxylic acids is 2. The Morgan fingerprint density at radius 2 is 2.11 bits per heavy atom. The molecule has 0 spiro atoms. The summed E-state index contributed by atoms with van der Waals surface area (Å²) in [6.07, 6.45) is 5.12. The smallest absolute Gasteiger partial charge is 0.224 e. The van der Waals surface area contributed by atoms with Gasteiger partial charge < -0.3 is 10.1 Å². The van der Waals surface area contributed by atoms with Gasteiger partial charge in [0.05, 0.1) is 0 Å². The number of rotatable bonds is 5. The van der Waals surface area contributed by atoms with E-state index in [1.807, 2.05) is 6.07 Å². The average molecular weight is 245 g/mol. The molecule has 2 rings (SSSR count). The Morgan fingerprint density at radius 1 is 1.28 bits per heavy atom. The van der Waals surface area contributed by atoms with Gasteiger partial charge in [-0.05, 0) is 49.8 Å². The van der Waals surface area contributed by atoms with Crippen molar-refractivity contribution in [1.29, 1.82) is 0 Å². The lowest BCUT2D eigenvalue weighted by Gasteiger charge is -2.17. The monoisotopic (exact) mass is 245 g/mol. The molecule has 3 nitrogen and oxygen atoms in total. The van der Waals surface area contributed by atoms with Crippen molar-refractivity contribution in [2.75, 3.05) is 5.32 Å². The lowest BCUT2D eigenvalue weighted by molar-refractivity contribution is -0.117. The summed E-state index contributed by atoms with van der Waals surface area (Å²) in [7, 11) is 0. The van der Waals surface area contributed by atoms with Gasteiger partial charge in [-0.25, -0.2) is 0 Å². The van der Waals surface area contributed by atoms with Crippen molar-refractivity contribution >= 4 is 17.4 Å². The summed E-state index contributed by atoms with van der Waals surface area (Å²) < 4.78 is 0. The van der Waals surface area contributed by atoms with Crippen molar-refractivity contribution in [3.63, 3.8) is 0 Å². The van der Waals surface area contributed by atoms with Gasteiger partial charge in [-0.15, -0.1) is 0 Å². The summed E-state index contributed by atoms with van der Waals surface area (Å²) in [5.74, 6) is 0.375. The van der Waals surface area contributed by atoms with Gasteiger partial charge in [-0.1, -0.05) is 12.1 Å². The third-order valence-electron chi connectivity index (χ3n) is 3.31. The highest BCUT2D eigenvalue weighted by Crippen LogP contribution is 2.24. The summed E-state index contributed by atoms with van der Waals surface area (Å²) in [5, 5.41) is 2.89. The third kappa shape index (κ3) is 3.42. The molecule has 0 aliphatic carbocycles. The van der Waals surface area contributed by atoms with E-state index in [-0.39, 0.29) is 11.7 Å². The van der Waals surface area contributed by atoms with Gasteiger partial charge in [0.1, 0.15) is 5.78 Å². The Bertz CT molecular complexity index is 466. The van der Waals surface area contributed by atoms with Gasteiger partial charge in [-0.3, -0.25) is 4.79 Å². The van der Waals surface area contributed by atoms with Crippen molar-refractivity contribution in [3.05, 3.63) is 29.3 Å². The van der Waals surface area contributed by atoms with Crippen LogP contribution in [0.15, 0.2) is 18.2 Å². The van der Waals surface area contributed by atoms with Gasteiger partial charge in [0.15, 0.2) is 0 Å². The van der Waals surface area contributed by atoms with Gasteiger partial charge >= 0.3 is 0 Å². The van der Waals surface area contributed by atoms with E-state index in [0.29, 0.717) is 12.8 Å². The number of aryl methyl sites for hydroxylation is 2. The standard InChI is InChI=1S/C15H19NO2/c1-11(17)4-2-3-5-12-6-8-14-13(10-12)7-9-15(18)16-14/h6,8,10H,2-5,7,9H2,1H3,(H,16,18). The van der Waals surface area contributed by atoms with E-state index < -0.39 is 0 Å². The Kier molecular flexibility index (Phi) is 4.13. The number of hydrogen-bond donors (Lipinski definition) is 1. The average Bonchev–Trinajstić information content (AvgIpc) is 2.34. The third-order valence-corrected chi connectivity index (χ3v) is 3.31. The molecule has 3 heteroatoms. The van der Waals surface area contributed by atoms with E-state index in [0.717, 1.165) is 31.4 Å². The number of amides is 1. The summed E-state index contributed by atoms with van der Waals surface area (Å²) >= 11 is 0. The molecule has 18 heavy (non-hydrogen) atoms. The first-order chi connectivity index (χ1) is 8.65. The zero-order valence-electron chi connectivity index (χ0n) is 10.8. The molecule has 0 atom stereocenters.